The van der Waals surface area contributed by atoms with Crippen molar-refractivity contribution >= 4 is 5.69 Å². The van der Waals surface area contributed by atoms with E-state index in [1.807, 2.05) is 31.2 Å². The summed E-state index contributed by atoms with van der Waals surface area (Å²) in [5.74, 6) is -0.391. The van der Waals surface area contributed by atoms with Crippen molar-refractivity contribution in [3.8, 4) is 6.07 Å². The van der Waals surface area contributed by atoms with Crippen LogP contribution in [0, 0.1) is 17.1 Å². The van der Waals surface area contributed by atoms with Gasteiger partial charge in [-0.25, -0.2) is 4.39 Å². The minimum atomic E-state index is -0.391. The molecule has 0 saturated heterocycles. The summed E-state index contributed by atoms with van der Waals surface area (Å²) in [7, 11) is 0. The third kappa shape index (κ3) is 3.56. The largest absolute Gasteiger partial charge is 0.381 e. The lowest BCUT2D eigenvalue weighted by atomic mass is 10.1. The summed E-state index contributed by atoms with van der Waals surface area (Å²) in [5.41, 5.74) is 2.23. The molecule has 0 aliphatic heterocycles. The fraction of sp³-hybridized carbons (Fsp3) is 0.188. The first-order valence-corrected chi connectivity index (χ1v) is 6.19. The average molecular weight is 254 g/mol. The molecule has 2 aromatic carbocycles. The molecule has 0 fully saturated rings. The monoisotopic (exact) mass is 254 g/mol. The SMILES string of the molecule is CC(Cc1ccccc1)Nc1ccc(F)cc1C#N. The van der Waals surface area contributed by atoms with Gasteiger partial charge in [-0.05, 0) is 37.1 Å². The van der Waals surface area contributed by atoms with E-state index in [-0.39, 0.29) is 6.04 Å². The molecule has 0 saturated carbocycles. The van der Waals surface area contributed by atoms with Crippen LogP contribution >= 0.6 is 0 Å². The molecule has 19 heavy (non-hydrogen) atoms. The third-order valence-electron chi connectivity index (χ3n) is 2.89. The standard InChI is InChI=1S/C16H15FN2/c1-12(9-13-5-3-2-4-6-13)19-16-8-7-15(17)10-14(16)11-18/h2-8,10,12,19H,9H2,1H3. The van der Waals surface area contributed by atoms with Crippen LogP contribution in [0.3, 0.4) is 0 Å². The Balaban J connectivity index is 2.07. The van der Waals surface area contributed by atoms with Gasteiger partial charge in [-0.3, -0.25) is 0 Å². The van der Waals surface area contributed by atoms with E-state index < -0.39 is 5.82 Å². The zero-order chi connectivity index (χ0) is 13.7. The maximum Gasteiger partial charge on any atom is 0.124 e. The summed E-state index contributed by atoms with van der Waals surface area (Å²) >= 11 is 0. The number of anilines is 1. The summed E-state index contributed by atoms with van der Waals surface area (Å²) in [5, 5.41) is 12.2. The molecule has 1 atom stereocenters. The van der Waals surface area contributed by atoms with Gasteiger partial charge in [0.05, 0.1) is 11.3 Å². The average Bonchev–Trinajstić information content (AvgIpc) is 2.42. The first-order chi connectivity index (χ1) is 9.19. The van der Waals surface area contributed by atoms with E-state index in [0.29, 0.717) is 11.3 Å². The van der Waals surface area contributed by atoms with Gasteiger partial charge in [0.15, 0.2) is 0 Å². The molecule has 2 nitrogen and oxygen atoms in total. The van der Waals surface area contributed by atoms with Crippen molar-refractivity contribution in [2.75, 3.05) is 5.32 Å². The van der Waals surface area contributed by atoms with Crippen molar-refractivity contribution in [1.82, 2.24) is 0 Å². The lowest BCUT2D eigenvalue weighted by molar-refractivity contribution is 0.627. The van der Waals surface area contributed by atoms with Gasteiger partial charge in [0.1, 0.15) is 11.9 Å². The van der Waals surface area contributed by atoms with E-state index in [9.17, 15) is 4.39 Å². The highest BCUT2D eigenvalue weighted by Crippen LogP contribution is 2.18. The van der Waals surface area contributed by atoms with E-state index in [2.05, 4.69) is 17.4 Å². The maximum absolute atomic E-state index is 13.0. The van der Waals surface area contributed by atoms with Gasteiger partial charge in [-0.2, -0.15) is 5.26 Å². The van der Waals surface area contributed by atoms with Crippen LogP contribution in [-0.4, -0.2) is 6.04 Å². The van der Waals surface area contributed by atoms with Crippen LogP contribution < -0.4 is 5.32 Å². The molecular formula is C16H15FN2. The van der Waals surface area contributed by atoms with Gasteiger partial charge in [-0.1, -0.05) is 30.3 Å². The highest BCUT2D eigenvalue weighted by atomic mass is 19.1. The summed E-state index contributed by atoms with van der Waals surface area (Å²) in [4.78, 5) is 0. The minimum absolute atomic E-state index is 0.167. The number of nitrogens with one attached hydrogen (secondary N) is 1. The minimum Gasteiger partial charge on any atom is -0.381 e. The molecule has 96 valence electrons. The second-order valence-corrected chi connectivity index (χ2v) is 4.54. The normalized spacial score (nSPS) is 11.6. The summed E-state index contributed by atoms with van der Waals surface area (Å²) in [6, 6.07) is 16.5. The van der Waals surface area contributed by atoms with Gasteiger partial charge in [-0.15, -0.1) is 0 Å². The first kappa shape index (κ1) is 13.1. The Labute approximate surface area is 112 Å². The second kappa shape index (κ2) is 6.01. The van der Waals surface area contributed by atoms with E-state index in [1.54, 1.807) is 6.07 Å². The molecule has 0 bridgehead atoms. The Morgan fingerprint density at radius 2 is 1.95 bits per heavy atom. The quantitative estimate of drug-likeness (QED) is 0.902. The van der Waals surface area contributed by atoms with Gasteiger partial charge in [0.25, 0.3) is 0 Å². The molecule has 1 N–H and O–H groups in total. The van der Waals surface area contributed by atoms with Gasteiger partial charge < -0.3 is 5.32 Å². The van der Waals surface area contributed by atoms with E-state index in [0.717, 1.165) is 6.42 Å². The fourth-order valence-electron chi connectivity index (χ4n) is 2.02. The van der Waals surface area contributed by atoms with Crippen molar-refractivity contribution < 1.29 is 4.39 Å². The lowest BCUT2D eigenvalue weighted by Crippen LogP contribution is -2.18. The zero-order valence-corrected chi connectivity index (χ0v) is 10.7. The number of halogens is 1. The molecule has 2 rings (SSSR count). The van der Waals surface area contributed by atoms with Crippen LogP contribution in [0.2, 0.25) is 0 Å². The van der Waals surface area contributed by atoms with Gasteiger partial charge in [0.2, 0.25) is 0 Å². The summed E-state index contributed by atoms with van der Waals surface area (Å²) in [6.07, 6.45) is 0.850. The fourth-order valence-corrected chi connectivity index (χ4v) is 2.02. The molecule has 0 amide bonds. The smallest absolute Gasteiger partial charge is 0.124 e. The number of hydrogen-bond acceptors (Lipinski definition) is 2. The molecule has 3 heteroatoms. The Hall–Kier alpha value is -2.34. The highest BCUT2D eigenvalue weighted by molar-refractivity contribution is 5.57. The van der Waals surface area contributed by atoms with Crippen LogP contribution in [0.1, 0.15) is 18.1 Å². The van der Waals surface area contributed by atoms with Gasteiger partial charge in [0, 0.05) is 6.04 Å². The zero-order valence-electron chi connectivity index (χ0n) is 10.7. The Morgan fingerprint density at radius 3 is 2.63 bits per heavy atom. The Kier molecular flexibility index (Phi) is 4.15. The molecule has 1 unspecified atom stereocenters. The second-order valence-electron chi connectivity index (χ2n) is 4.54. The molecule has 0 radical (unpaired) electrons. The van der Waals surface area contributed by atoms with Crippen LogP contribution in [0.15, 0.2) is 48.5 Å². The third-order valence-corrected chi connectivity index (χ3v) is 2.89. The van der Waals surface area contributed by atoms with Crippen LogP contribution in [0.4, 0.5) is 10.1 Å². The first-order valence-electron chi connectivity index (χ1n) is 6.19. The van der Waals surface area contributed by atoms with E-state index in [4.69, 9.17) is 5.26 Å². The molecular weight excluding hydrogens is 239 g/mol. The summed E-state index contributed by atoms with van der Waals surface area (Å²) < 4.78 is 13.0. The molecule has 2 aromatic rings. The Morgan fingerprint density at radius 1 is 1.21 bits per heavy atom. The van der Waals surface area contributed by atoms with E-state index >= 15 is 0 Å². The van der Waals surface area contributed by atoms with Gasteiger partial charge >= 0.3 is 0 Å². The number of rotatable bonds is 4. The number of nitrogens with zero attached hydrogens (tertiary/aromatic N) is 1. The molecule has 0 aliphatic carbocycles. The highest BCUT2D eigenvalue weighted by Gasteiger charge is 2.08. The van der Waals surface area contributed by atoms with Crippen molar-refractivity contribution in [3.63, 3.8) is 0 Å². The number of nitriles is 1. The molecule has 0 spiro atoms. The van der Waals surface area contributed by atoms with Crippen molar-refractivity contribution in [3.05, 3.63) is 65.5 Å². The van der Waals surface area contributed by atoms with Crippen LogP contribution in [0.25, 0.3) is 0 Å². The predicted molar refractivity (Wildman–Crippen MR) is 74.3 cm³/mol. The van der Waals surface area contributed by atoms with Crippen molar-refractivity contribution in [2.45, 2.75) is 19.4 Å². The van der Waals surface area contributed by atoms with Crippen LogP contribution in [-0.2, 0) is 6.42 Å². The summed E-state index contributed by atoms with van der Waals surface area (Å²) in [6.45, 7) is 2.04. The van der Waals surface area contributed by atoms with Crippen molar-refractivity contribution in [1.29, 1.82) is 5.26 Å². The van der Waals surface area contributed by atoms with Crippen LogP contribution in [0.5, 0.6) is 0 Å². The maximum atomic E-state index is 13.0. The lowest BCUT2D eigenvalue weighted by Gasteiger charge is -2.16. The Bertz CT molecular complexity index is 587. The molecule has 0 aliphatic rings. The molecule has 0 heterocycles. The number of hydrogen-bond donors (Lipinski definition) is 1. The van der Waals surface area contributed by atoms with Crippen molar-refractivity contribution in [2.24, 2.45) is 0 Å². The molecule has 0 aromatic heterocycles. The number of benzene rings is 2. The predicted octanol–water partition coefficient (Wildman–Crippen LogP) is 3.74. The topological polar surface area (TPSA) is 35.8 Å². The van der Waals surface area contributed by atoms with E-state index in [1.165, 1.54) is 17.7 Å².